The van der Waals surface area contributed by atoms with E-state index in [1.165, 1.54) is 25.3 Å². The van der Waals surface area contributed by atoms with Crippen LogP contribution in [0.2, 0.25) is 0 Å². The predicted molar refractivity (Wildman–Crippen MR) is 58.5 cm³/mol. The van der Waals surface area contributed by atoms with Crippen LogP contribution in [0.1, 0.15) is 0 Å². The Kier molecular flexibility index (Phi) is 4.44. The van der Waals surface area contributed by atoms with Crippen molar-refractivity contribution in [2.75, 3.05) is 13.7 Å². The van der Waals surface area contributed by atoms with Gasteiger partial charge in [0.1, 0.15) is 12.4 Å². The monoisotopic (exact) mass is 260 g/mol. The van der Waals surface area contributed by atoms with Gasteiger partial charge in [0.15, 0.2) is 0 Å². The summed E-state index contributed by atoms with van der Waals surface area (Å²) in [4.78, 5) is 16.5. The van der Waals surface area contributed by atoms with Crippen molar-refractivity contribution in [3.05, 3.63) is 24.3 Å². The largest absolute Gasteiger partial charge is 0.497 e. The molecule has 3 N–H and O–H groups in total. The maximum absolute atomic E-state index is 11.6. The molecule has 8 heteroatoms. The van der Waals surface area contributed by atoms with E-state index in [-0.39, 0.29) is 4.90 Å². The summed E-state index contributed by atoms with van der Waals surface area (Å²) in [6.07, 6.45) is 0. The Morgan fingerprint density at radius 3 is 2.76 bits per heavy atom. The van der Waals surface area contributed by atoms with Gasteiger partial charge in [-0.05, 0) is 12.1 Å². The van der Waals surface area contributed by atoms with Crippen LogP contribution < -0.4 is 15.4 Å². The second-order valence-electron chi connectivity index (χ2n) is 3.02. The number of ether oxygens (including phenoxy) is 1. The van der Waals surface area contributed by atoms with Crippen molar-refractivity contribution in [2.24, 2.45) is 5.73 Å². The van der Waals surface area contributed by atoms with Crippen LogP contribution in [0.15, 0.2) is 29.2 Å². The van der Waals surface area contributed by atoms with E-state index in [1.807, 2.05) is 0 Å². The molecule has 94 valence electrons. The number of hydrogen-bond donors (Lipinski definition) is 2. The van der Waals surface area contributed by atoms with Gasteiger partial charge in [-0.3, -0.25) is 9.63 Å². The van der Waals surface area contributed by atoms with Gasteiger partial charge in [-0.15, -0.1) is 0 Å². The van der Waals surface area contributed by atoms with E-state index in [4.69, 9.17) is 10.5 Å². The van der Waals surface area contributed by atoms with Gasteiger partial charge in [-0.1, -0.05) is 11.0 Å². The lowest BCUT2D eigenvalue weighted by molar-refractivity contribution is -0.123. The summed E-state index contributed by atoms with van der Waals surface area (Å²) in [5, 5.41) is 0. The van der Waals surface area contributed by atoms with E-state index in [2.05, 4.69) is 4.84 Å². The highest BCUT2D eigenvalue weighted by molar-refractivity contribution is 7.89. The van der Waals surface area contributed by atoms with Crippen LogP contribution in [0, 0.1) is 0 Å². The molecule has 1 amide bonds. The molecule has 0 saturated carbocycles. The van der Waals surface area contributed by atoms with Crippen LogP contribution in [0.25, 0.3) is 0 Å². The van der Waals surface area contributed by atoms with E-state index in [0.717, 1.165) is 0 Å². The van der Waals surface area contributed by atoms with Crippen molar-refractivity contribution >= 4 is 15.9 Å². The van der Waals surface area contributed by atoms with Gasteiger partial charge >= 0.3 is 0 Å². The highest BCUT2D eigenvalue weighted by Crippen LogP contribution is 2.16. The molecular formula is C9H12N2O5S. The molecule has 0 aromatic heterocycles. The molecule has 0 radical (unpaired) electrons. The molecule has 1 aromatic rings. The van der Waals surface area contributed by atoms with E-state index >= 15 is 0 Å². The predicted octanol–water partition coefficient (Wildman–Crippen LogP) is -0.610. The zero-order valence-electron chi connectivity index (χ0n) is 9.04. The van der Waals surface area contributed by atoms with Crippen molar-refractivity contribution in [2.45, 2.75) is 4.90 Å². The second kappa shape index (κ2) is 5.62. The molecule has 0 bridgehead atoms. The van der Waals surface area contributed by atoms with Gasteiger partial charge in [0.05, 0.1) is 12.0 Å². The fourth-order valence-corrected chi connectivity index (χ4v) is 1.83. The molecule has 0 saturated heterocycles. The summed E-state index contributed by atoms with van der Waals surface area (Å²) in [5.41, 5.74) is 4.79. The molecule has 0 aliphatic carbocycles. The highest BCUT2D eigenvalue weighted by atomic mass is 32.2. The fourth-order valence-electron chi connectivity index (χ4n) is 0.995. The average molecular weight is 260 g/mol. The minimum Gasteiger partial charge on any atom is -0.497 e. The Bertz CT molecular complexity index is 500. The minimum atomic E-state index is -3.85. The summed E-state index contributed by atoms with van der Waals surface area (Å²) in [7, 11) is -2.43. The third kappa shape index (κ3) is 4.02. The van der Waals surface area contributed by atoms with Crippen molar-refractivity contribution < 1.29 is 22.8 Å². The van der Waals surface area contributed by atoms with Crippen molar-refractivity contribution in [1.29, 1.82) is 0 Å². The molecule has 0 heterocycles. The van der Waals surface area contributed by atoms with Crippen LogP contribution >= 0.6 is 0 Å². The molecule has 0 fully saturated rings. The van der Waals surface area contributed by atoms with Gasteiger partial charge in [-0.2, -0.15) is 0 Å². The summed E-state index contributed by atoms with van der Waals surface area (Å²) in [6.45, 7) is -0.538. The van der Waals surface area contributed by atoms with Gasteiger partial charge in [-0.25, -0.2) is 8.42 Å². The number of amides is 1. The first-order valence-corrected chi connectivity index (χ1v) is 6.00. The minimum absolute atomic E-state index is 0.0404. The first-order valence-electron chi connectivity index (χ1n) is 4.51. The Balaban J connectivity index is 2.78. The van der Waals surface area contributed by atoms with E-state index in [0.29, 0.717) is 5.75 Å². The zero-order chi connectivity index (χ0) is 12.9. The lowest BCUT2D eigenvalue weighted by Gasteiger charge is -2.07. The Hall–Kier alpha value is -1.64. The van der Waals surface area contributed by atoms with Crippen molar-refractivity contribution in [1.82, 2.24) is 4.89 Å². The van der Waals surface area contributed by atoms with Gasteiger partial charge in [0.25, 0.3) is 10.0 Å². The van der Waals surface area contributed by atoms with Gasteiger partial charge in [0, 0.05) is 6.07 Å². The zero-order valence-corrected chi connectivity index (χ0v) is 9.86. The van der Waals surface area contributed by atoms with E-state index in [9.17, 15) is 13.2 Å². The molecule has 0 aliphatic rings. The number of primary amides is 1. The Morgan fingerprint density at radius 1 is 1.47 bits per heavy atom. The van der Waals surface area contributed by atoms with Crippen molar-refractivity contribution in [3.8, 4) is 5.75 Å². The van der Waals surface area contributed by atoms with E-state index in [1.54, 1.807) is 11.0 Å². The molecule has 7 nitrogen and oxygen atoms in total. The summed E-state index contributed by atoms with van der Waals surface area (Å²) < 4.78 is 28.2. The Labute approximate surface area is 98.5 Å². The molecule has 0 aliphatic heterocycles. The lowest BCUT2D eigenvalue weighted by atomic mass is 10.3. The van der Waals surface area contributed by atoms with Crippen LogP contribution in [-0.2, 0) is 19.7 Å². The molecule has 1 aromatic carbocycles. The molecule has 0 unspecified atom stereocenters. The number of nitrogens with two attached hydrogens (primary N) is 1. The number of rotatable bonds is 6. The van der Waals surface area contributed by atoms with Crippen molar-refractivity contribution in [3.63, 3.8) is 0 Å². The highest BCUT2D eigenvalue weighted by Gasteiger charge is 2.15. The number of benzene rings is 1. The number of hydrogen-bond acceptors (Lipinski definition) is 5. The molecule has 1 rings (SSSR count). The number of carbonyl (C=O) groups is 1. The third-order valence-corrected chi connectivity index (χ3v) is 2.95. The van der Waals surface area contributed by atoms with Gasteiger partial charge in [0.2, 0.25) is 5.91 Å². The topological polar surface area (TPSA) is 108 Å². The Morgan fingerprint density at radius 2 is 2.18 bits per heavy atom. The number of sulfonamides is 1. The van der Waals surface area contributed by atoms with Crippen LogP contribution in [-0.4, -0.2) is 28.0 Å². The molecule has 17 heavy (non-hydrogen) atoms. The summed E-state index contributed by atoms with van der Waals surface area (Å²) >= 11 is 0. The van der Waals surface area contributed by atoms with E-state index < -0.39 is 22.5 Å². The first-order chi connectivity index (χ1) is 7.95. The second-order valence-corrected chi connectivity index (χ2v) is 4.67. The number of carbonyl (C=O) groups excluding carboxylic acids is 1. The maximum atomic E-state index is 11.6. The fraction of sp³-hybridized carbons (Fsp3) is 0.222. The van der Waals surface area contributed by atoms with Crippen LogP contribution in [0.4, 0.5) is 0 Å². The molecule has 0 atom stereocenters. The first kappa shape index (κ1) is 13.4. The quantitative estimate of drug-likeness (QED) is 0.663. The van der Waals surface area contributed by atoms with Crippen LogP contribution in [0.3, 0.4) is 0 Å². The smallest absolute Gasteiger partial charge is 0.262 e. The lowest BCUT2D eigenvalue weighted by Crippen LogP contribution is -2.29. The maximum Gasteiger partial charge on any atom is 0.262 e. The number of nitrogens with one attached hydrogen (secondary N) is 1. The number of methoxy groups -OCH3 is 1. The SMILES string of the molecule is COc1cccc(S(=O)(=O)NOCC(N)=O)c1. The summed E-state index contributed by atoms with van der Waals surface area (Å²) in [5.74, 6) is -0.388. The third-order valence-electron chi connectivity index (χ3n) is 1.73. The summed E-state index contributed by atoms with van der Waals surface area (Å²) in [6, 6.07) is 5.79. The van der Waals surface area contributed by atoms with Gasteiger partial charge < -0.3 is 10.5 Å². The van der Waals surface area contributed by atoms with Crippen LogP contribution in [0.5, 0.6) is 5.75 Å². The molecular weight excluding hydrogens is 248 g/mol. The molecule has 0 spiro atoms. The standard InChI is InChI=1S/C9H12N2O5S/c1-15-7-3-2-4-8(5-7)17(13,14)11-16-6-9(10)12/h2-5,11H,6H2,1H3,(H2,10,12). The average Bonchev–Trinajstić information content (AvgIpc) is 2.28. The normalized spacial score (nSPS) is 11.1.